The van der Waals surface area contributed by atoms with Crippen LogP contribution in [0.4, 0.5) is 4.79 Å². The van der Waals surface area contributed by atoms with Crippen LogP contribution in [0.5, 0.6) is 0 Å². The molecule has 5 rings (SSSR count). The van der Waals surface area contributed by atoms with Crippen LogP contribution in [-0.2, 0) is 27.0 Å². The van der Waals surface area contributed by atoms with Crippen molar-refractivity contribution in [3.8, 4) is 11.3 Å². The van der Waals surface area contributed by atoms with Gasteiger partial charge in [0.05, 0.1) is 23.2 Å². The van der Waals surface area contributed by atoms with Gasteiger partial charge in [-0.05, 0) is 50.2 Å². The average Bonchev–Trinajstić information content (AvgIpc) is 3.79. The summed E-state index contributed by atoms with van der Waals surface area (Å²) >= 11 is 0. The van der Waals surface area contributed by atoms with Crippen LogP contribution in [0.25, 0.3) is 22.4 Å². The molecule has 0 unspecified atom stereocenters. The first-order valence-corrected chi connectivity index (χ1v) is 17.2. The number of nitrogens with zero attached hydrogens (tertiary/aromatic N) is 3. The molecule has 2 aromatic heterocycles. The molecule has 13 heteroatoms. The second-order valence-electron chi connectivity index (χ2n) is 13.7. The van der Waals surface area contributed by atoms with E-state index in [4.69, 9.17) is 14.1 Å². The minimum atomic E-state index is -3.00. The number of hydrogen-bond acceptors (Lipinski definition) is 8. The number of ether oxygens (including phenoxy) is 1. The zero-order chi connectivity index (χ0) is 34.1. The monoisotopic (exact) mass is 668 g/mol. The van der Waals surface area contributed by atoms with E-state index in [0.717, 1.165) is 29.5 Å². The SMILES string of the molecule is CNC(=O)c1c(-c2ccc(C)cc2)oc2nc(CN(CCCC3(OC(=O)O)CCN(C(=O)C(C)(C)C)CC3)[SH](=O)=O)c(C3CC3)cc12. The number of carbonyl (C=O) groups is 3. The Morgan fingerprint density at radius 2 is 1.81 bits per heavy atom. The van der Waals surface area contributed by atoms with Crippen molar-refractivity contribution in [2.75, 3.05) is 26.7 Å². The lowest BCUT2D eigenvalue weighted by atomic mass is 9.85. The molecule has 3 heterocycles. The average molecular weight is 669 g/mol. The lowest BCUT2D eigenvalue weighted by molar-refractivity contribution is -0.144. The van der Waals surface area contributed by atoms with Gasteiger partial charge in [-0.2, -0.15) is 4.31 Å². The first kappa shape index (κ1) is 34.4. The number of hydrogen-bond donors (Lipinski definition) is 3. The van der Waals surface area contributed by atoms with Gasteiger partial charge < -0.3 is 24.5 Å². The van der Waals surface area contributed by atoms with Crippen molar-refractivity contribution < 1.29 is 37.1 Å². The van der Waals surface area contributed by atoms with E-state index in [9.17, 15) is 27.9 Å². The Morgan fingerprint density at radius 3 is 2.36 bits per heavy atom. The highest BCUT2D eigenvalue weighted by atomic mass is 32.2. The number of aromatic nitrogens is 1. The predicted octanol–water partition coefficient (Wildman–Crippen LogP) is 5.25. The number of furan rings is 1. The Bertz CT molecular complexity index is 1720. The van der Waals surface area contributed by atoms with Gasteiger partial charge in [-0.1, -0.05) is 50.6 Å². The standard InChI is InChI=1S/C34H44N4O8S/c1-21-7-9-23(10-8-21)28-27(29(39)35-5)25-19-24(22-11-12-22)26(36-30(25)45-28)20-38(47(43)44)16-6-13-34(46-32(41)42)14-17-37(18-15-34)31(40)33(2,3)4/h7-10,19,22,47H,6,11-18,20H2,1-5H3,(H,35,39)(H,41,42). The van der Waals surface area contributed by atoms with Crippen molar-refractivity contribution in [3.05, 3.63) is 52.7 Å². The molecule has 1 aromatic carbocycles. The third kappa shape index (κ3) is 7.78. The van der Waals surface area contributed by atoms with E-state index in [1.807, 2.05) is 58.0 Å². The van der Waals surface area contributed by atoms with Crippen molar-refractivity contribution in [3.63, 3.8) is 0 Å². The van der Waals surface area contributed by atoms with Crippen molar-refractivity contribution >= 4 is 40.0 Å². The molecule has 1 saturated carbocycles. The number of fused-ring (bicyclic) bond motifs is 1. The first-order chi connectivity index (χ1) is 22.2. The van der Waals surface area contributed by atoms with Crippen molar-refractivity contribution in [1.82, 2.24) is 19.5 Å². The molecule has 2 fully saturated rings. The molecule has 47 heavy (non-hydrogen) atoms. The van der Waals surface area contributed by atoms with Gasteiger partial charge in [0.25, 0.3) is 5.91 Å². The Hall–Kier alpha value is -3.97. The molecule has 254 valence electrons. The van der Waals surface area contributed by atoms with E-state index >= 15 is 0 Å². The quantitative estimate of drug-likeness (QED) is 0.183. The molecule has 1 aliphatic heterocycles. The predicted molar refractivity (Wildman–Crippen MR) is 177 cm³/mol. The highest BCUT2D eigenvalue weighted by Gasteiger charge is 2.41. The molecule has 12 nitrogen and oxygen atoms in total. The topological polar surface area (TPSA) is 159 Å². The first-order valence-electron chi connectivity index (χ1n) is 16.1. The Balaban J connectivity index is 1.37. The van der Waals surface area contributed by atoms with Crippen LogP contribution in [0.3, 0.4) is 0 Å². The highest BCUT2D eigenvalue weighted by molar-refractivity contribution is 7.69. The number of carboxylic acid groups (broad SMARTS) is 1. The highest BCUT2D eigenvalue weighted by Crippen LogP contribution is 2.44. The molecular formula is C34H44N4O8S. The van der Waals surface area contributed by atoms with Gasteiger partial charge in [0.15, 0.2) is 0 Å². The number of nitrogens with one attached hydrogen (secondary N) is 1. The Kier molecular flexibility index (Phi) is 9.97. The normalized spacial score (nSPS) is 16.5. The van der Waals surface area contributed by atoms with Crippen LogP contribution in [0.1, 0.15) is 92.4 Å². The Morgan fingerprint density at radius 1 is 1.15 bits per heavy atom. The van der Waals surface area contributed by atoms with Crippen molar-refractivity contribution in [2.24, 2.45) is 5.41 Å². The summed E-state index contributed by atoms with van der Waals surface area (Å²) in [6, 6.07) is 9.57. The summed E-state index contributed by atoms with van der Waals surface area (Å²) in [6.07, 6.45) is 1.82. The van der Waals surface area contributed by atoms with Gasteiger partial charge in [0, 0.05) is 50.5 Å². The molecule has 2 N–H and O–H groups in total. The smallest absolute Gasteiger partial charge is 0.450 e. The van der Waals surface area contributed by atoms with E-state index in [1.54, 1.807) is 11.9 Å². The van der Waals surface area contributed by atoms with E-state index in [2.05, 4.69) is 5.32 Å². The maximum atomic E-state index is 13.1. The van der Waals surface area contributed by atoms with Crippen LogP contribution in [-0.4, -0.2) is 78.0 Å². The number of piperidine rings is 1. The van der Waals surface area contributed by atoms with E-state index in [0.29, 0.717) is 61.2 Å². The number of thiol groups is 1. The summed E-state index contributed by atoms with van der Waals surface area (Å²) in [5.74, 6) is 0.302. The number of pyridine rings is 1. The minimum absolute atomic E-state index is 0.00289. The zero-order valence-electron chi connectivity index (χ0n) is 27.6. The van der Waals surface area contributed by atoms with Gasteiger partial charge in [0.2, 0.25) is 22.5 Å². The summed E-state index contributed by atoms with van der Waals surface area (Å²) in [7, 11) is -1.44. The maximum absolute atomic E-state index is 13.1. The minimum Gasteiger partial charge on any atom is -0.450 e. The van der Waals surface area contributed by atoms with E-state index in [1.165, 1.54) is 4.31 Å². The van der Waals surface area contributed by atoms with Gasteiger partial charge in [-0.3, -0.25) is 9.59 Å². The Labute approximate surface area is 276 Å². The van der Waals surface area contributed by atoms with Gasteiger partial charge in [-0.25, -0.2) is 18.2 Å². The van der Waals surface area contributed by atoms with Crippen molar-refractivity contribution in [1.29, 1.82) is 0 Å². The van der Waals surface area contributed by atoms with Crippen LogP contribution in [0, 0.1) is 12.3 Å². The number of aryl methyl sites for hydroxylation is 1. The van der Waals surface area contributed by atoms with Gasteiger partial charge in [0.1, 0.15) is 11.4 Å². The molecule has 0 atom stereocenters. The largest absolute Gasteiger partial charge is 0.506 e. The molecule has 0 radical (unpaired) electrons. The van der Waals surface area contributed by atoms with E-state index in [-0.39, 0.29) is 36.5 Å². The summed E-state index contributed by atoms with van der Waals surface area (Å²) in [6.45, 7) is 8.39. The molecule has 2 aliphatic rings. The summed E-state index contributed by atoms with van der Waals surface area (Å²) in [5, 5.41) is 12.8. The third-order valence-corrected chi connectivity index (χ3v) is 9.90. The van der Waals surface area contributed by atoms with Crippen LogP contribution >= 0.6 is 0 Å². The van der Waals surface area contributed by atoms with Gasteiger partial charge >= 0.3 is 6.16 Å². The lowest BCUT2D eigenvalue weighted by Crippen LogP contribution is -2.51. The third-order valence-electron chi connectivity index (χ3n) is 9.10. The molecule has 2 amide bonds. The van der Waals surface area contributed by atoms with Gasteiger partial charge in [-0.15, -0.1) is 0 Å². The maximum Gasteiger partial charge on any atom is 0.506 e. The van der Waals surface area contributed by atoms with Crippen LogP contribution in [0.2, 0.25) is 0 Å². The molecule has 1 saturated heterocycles. The fourth-order valence-corrected chi connectivity index (χ4v) is 6.92. The number of likely N-dealkylation sites (tertiary alicyclic amines) is 1. The van der Waals surface area contributed by atoms with E-state index < -0.39 is 28.1 Å². The number of carbonyl (C=O) groups excluding carboxylic acids is 2. The van der Waals surface area contributed by atoms with Crippen LogP contribution in [0.15, 0.2) is 34.7 Å². The summed E-state index contributed by atoms with van der Waals surface area (Å²) in [5.41, 5.74) is 2.34. The fraction of sp³-hybridized carbons (Fsp3) is 0.529. The molecule has 0 spiro atoms. The molecule has 3 aromatic rings. The zero-order valence-corrected chi connectivity index (χ0v) is 28.5. The summed E-state index contributed by atoms with van der Waals surface area (Å²) < 4.78 is 37.9. The number of amides is 2. The fourth-order valence-electron chi connectivity index (χ4n) is 6.36. The lowest BCUT2D eigenvalue weighted by Gasteiger charge is -2.42. The molecule has 1 aliphatic carbocycles. The van der Waals surface area contributed by atoms with Crippen LogP contribution < -0.4 is 5.32 Å². The second kappa shape index (κ2) is 13.6. The summed E-state index contributed by atoms with van der Waals surface area (Å²) in [4.78, 5) is 44.0. The number of rotatable bonds is 11. The van der Waals surface area contributed by atoms with Crippen molar-refractivity contribution in [2.45, 2.75) is 84.3 Å². The number of benzene rings is 1. The molecular weight excluding hydrogens is 624 g/mol. The second-order valence-corrected chi connectivity index (χ2v) is 14.8. The molecule has 0 bridgehead atoms.